The maximum atomic E-state index is 12.6. The number of nitrogens with one attached hydrogen (secondary N) is 2. The van der Waals surface area contributed by atoms with Gasteiger partial charge in [0.2, 0.25) is 5.91 Å². The molecule has 3 saturated heterocycles. The van der Waals surface area contributed by atoms with E-state index < -0.39 is 0 Å². The fourth-order valence-corrected chi connectivity index (χ4v) is 4.91. The molecule has 0 aliphatic carbocycles. The van der Waals surface area contributed by atoms with E-state index in [1.807, 2.05) is 48.5 Å². The lowest BCUT2D eigenvalue weighted by molar-refractivity contribution is -0.114. The Bertz CT molecular complexity index is 860. The second-order valence-corrected chi connectivity index (χ2v) is 8.70. The second kappa shape index (κ2) is 8.37. The molecule has 1 atom stereocenters. The van der Waals surface area contributed by atoms with Crippen molar-refractivity contribution in [1.82, 2.24) is 10.2 Å². The Labute approximate surface area is 169 Å². The van der Waals surface area contributed by atoms with Crippen LogP contribution >= 0.6 is 11.8 Å². The SMILES string of the molecule is CC(=O)Nc1cccc(Sc2ccc(C(=O)NC3CN4CCC3CC4)cc2)c1. The zero-order chi connectivity index (χ0) is 19.5. The predicted octanol–water partition coefficient (Wildman–Crippen LogP) is 3.62. The largest absolute Gasteiger partial charge is 0.348 e. The lowest BCUT2D eigenvalue weighted by atomic mass is 9.84. The van der Waals surface area contributed by atoms with Crippen molar-refractivity contribution < 1.29 is 9.59 Å². The molecule has 28 heavy (non-hydrogen) atoms. The van der Waals surface area contributed by atoms with E-state index >= 15 is 0 Å². The van der Waals surface area contributed by atoms with E-state index in [9.17, 15) is 9.59 Å². The standard InChI is InChI=1S/C22H25N3O2S/c1-15(26)23-18-3-2-4-20(13-18)28-19-7-5-17(6-8-19)22(27)24-21-14-25-11-9-16(21)10-12-25/h2-8,13,16,21H,9-12,14H2,1H3,(H,23,26)(H,24,27). The molecule has 0 saturated carbocycles. The normalized spacial score (nSPS) is 23.2. The number of fused-ring (bicyclic) bond motifs is 3. The summed E-state index contributed by atoms with van der Waals surface area (Å²) in [5.74, 6) is 0.558. The molecule has 2 bridgehead atoms. The van der Waals surface area contributed by atoms with Crippen LogP contribution in [0.3, 0.4) is 0 Å². The highest BCUT2D eigenvalue weighted by Crippen LogP contribution is 2.30. The highest BCUT2D eigenvalue weighted by atomic mass is 32.2. The Kier molecular flexibility index (Phi) is 5.69. The lowest BCUT2D eigenvalue weighted by Crippen LogP contribution is -2.57. The van der Waals surface area contributed by atoms with Gasteiger partial charge in [-0.15, -0.1) is 0 Å². The molecular weight excluding hydrogens is 370 g/mol. The molecule has 3 heterocycles. The van der Waals surface area contributed by atoms with Crippen molar-refractivity contribution in [3.63, 3.8) is 0 Å². The van der Waals surface area contributed by atoms with Gasteiger partial charge in [-0.1, -0.05) is 17.8 Å². The van der Waals surface area contributed by atoms with Crippen LogP contribution in [0.4, 0.5) is 5.69 Å². The molecule has 5 nitrogen and oxygen atoms in total. The molecule has 0 spiro atoms. The highest BCUT2D eigenvalue weighted by Gasteiger charge is 2.34. The van der Waals surface area contributed by atoms with Gasteiger partial charge in [0.05, 0.1) is 0 Å². The maximum absolute atomic E-state index is 12.6. The van der Waals surface area contributed by atoms with Crippen molar-refractivity contribution in [2.45, 2.75) is 35.6 Å². The van der Waals surface area contributed by atoms with Crippen LogP contribution in [0.15, 0.2) is 58.3 Å². The molecule has 146 valence electrons. The molecule has 5 rings (SSSR count). The average Bonchev–Trinajstić information content (AvgIpc) is 2.69. The van der Waals surface area contributed by atoms with Crippen molar-refractivity contribution in [3.8, 4) is 0 Å². The number of hydrogen-bond donors (Lipinski definition) is 2. The number of carbonyl (C=O) groups excluding carboxylic acids is 2. The summed E-state index contributed by atoms with van der Waals surface area (Å²) in [6.07, 6.45) is 2.39. The van der Waals surface area contributed by atoms with Gasteiger partial charge in [-0.25, -0.2) is 0 Å². The first-order valence-electron chi connectivity index (χ1n) is 9.75. The van der Waals surface area contributed by atoms with E-state index in [4.69, 9.17) is 0 Å². The molecular formula is C22H25N3O2S. The Morgan fingerprint density at radius 1 is 1.04 bits per heavy atom. The molecule has 1 unspecified atom stereocenters. The van der Waals surface area contributed by atoms with Crippen LogP contribution in [0.2, 0.25) is 0 Å². The fourth-order valence-electron chi connectivity index (χ4n) is 4.03. The summed E-state index contributed by atoms with van der Waals surface area (Å²) in [5.41, 5.74) is 1.49. The van der Waals surface area contributed by atoms with Crippen LogP contribution in [0, 0.1) is 5.92 Å². The van der Waals surface area contributed by atoms with Gasteiger partial charge >= 0.3 is 0 Å². The molecule has 0 radical (unpaired) electrons. The number of benzene rings is 2. The van der Waals surface area contributed by atoms with Gasteiger partial charge in [-0.3, -0.25) is 9.59 Å². The molecule has 2 aromatic carbocycles. The average molecular weight is 396 g/mol. The monoisotopic (exact) mass is 395 g/mol. The first-order chi connectivity index (χ1) is 13.6. The zero-order valence-electron chi connectivity index (χ0n) is 16.0. The van der Waals surface area contributed by atoms with E-state index in [-0.39, 0.29) is 17.9 Å². The zero-order valence-corrected chi connectivity index (χ0v) is 16.8. The molecule has 2 amide bonds. The van der Waals surface area contributed by atoms with Gasteiger partial charge in [-0.2, -0.15) is 0 Å². The van der Waals surface area contributed by atoms with Crippen molar-refractivity contribution >= 4 is 29.3 Å². The van der Waals surface area contributed by atoms with E-state index in [1.165, 1.54) is 32.9 Å². The smallest absolute Gasteiger partial charge is 0.251 e. The van der Waals surface area contributed by atoms with Gasteiger partial charge in [-0.05, 0) is 74.3 Å². The Balaban J connectivity index is 1.37. The van der Waals surface area contributed by atoms with Crippen LogP contribution in [-0.4, -0.2) is 42.4 Å². The van der Waals surface area contributed by atoms with Crippen molar-refractivity contribution in [1.29, 1.82) is 0 Å². The predicted molar refractivity (Wildman–Crippen MR) is 112 cm³/mol. The number of anilines is 1. The lowest BCUT2D eigenvalue weighted by Gasteiger charge is -2.44. The third kappa shape index (κ3) is 4.56. The van der Waals surface area contributed by atoms with Gasteiger partial charge in [0.15, 0.2) is 0 Å². The second-order valence-electron chi connectivity index (χ2n) is 7.55. The van der Waals surface area contributed by atoms with Crippen molar-refractivity contribution in [3.05, 3.63) is 54.1 Å². The first-order valence-corrected chi connectivity index (χ1v) is 10.6. The van der Waals surface area contributed by atoms with Crippen molar-refractivity contribution in [2.75, 3.05) is 25.0 Å². The summed E-state index contributed by atoms with van der Waals surface area (Å²) in [4.78, 5) is 28.4. The van der Waals surface area contributed by atoms with Crippen LogP contribution in [0.25, 0.3) is 0 Å². The maximum Gasteiger partial charge on any atom is 0.251 e. The Morgan fingerprint density at radius 2 is 1.79 bits per heavy atom. The number of amides is 2. The summed E-state index contributed by atoms with van der Waals surface area (Å²) in [6.45, 7) is 4.83. The fraction of sp³-hybridized carbons (Fsp3) is 0.364. The molecule has 3 fully saturated rings. The van der Waals surface area contributed by atoms with Crippen LogP contribution < -0.4 is 10.6 Å². The minimum Gasteiger partial charge on any atom is -0.348 e. The van der Waals surface area contributed by atoms with Gasteiger partial charge in [0, 0.05) is 40.6 Å². The summed E-state index contributed by atoms with van der Waals surface area (Å²) < 4.78 is 0. The van der Waals surface area contributed by atoms with E-state index in [2.05, 4.69) is 15.5 Å². The molecule has 0 aromatic heterocycles. The van der Waals surface area contributed by atoms with E-state index in [0.717, 1.165) is 22.0 Å². The molecule has 3 aliphatic heterocycles. The highest BCUT2D eigenvalue weighted by molar-refractivity contribution is 7.99. The Hall–Kier alpha value is -2.31. The van der Waals surface area contributed by atoms with Crippen LogP contribution in [0.5, 0.6) is 0 Å². The minimum absolute atomic E-state index is 0.0166. The molecule has 2 aromatic rings. The number of carbonyl (C=O) groups is 2. The molecule has 2 N–H and O–H groups in total. The quantitative estimate of drug-likeness (QED) is 0.812. The number of hydrogen-bond acceptors (Lipinski definition) is 4. The molecule has 3 aliphatic rings. The topological polar surface area (TPSA) is 61.4 Å². The van der Waals surface area contributed by atoms with Gasteiger partial charge < -0.3 is 15.5 Å². The van der Waals surface area contributed by atoms with E-state index in [1.54, 1.807) is 11.8 Å². The van der Waals surface area contributed by atoms with Crippen LogP contribution in [0.1, 0.15) is 30.1 Å². The van der Waals surface area contributed by atoms with Crippen molar-refractivity contribution in [2.24, 2.45) is 5.92 Å². The first kappa shape index (κ1) is 19.0. The Morgan fingerprint density at radius 3 is 2.43 bits per heavy atom. The van der Waals surface area contributed by atoms with Gasteiger partial charge in [0.1, 0.15) is 0 Å². The number of nitrogens with zero attached hydrogens (tertiary/aromatic N) is 1. The summed E-state index contributed by atoms with van der Waals surface area (Å²) >= 11 is 1.61. The van der Waals surface area contributed by atoms with Crippen LogP contribution in [-0.2, 0) is 4.79 Å². The number of rotatable bonds is 5. The summed E-state index contributed by atoms with van der Waals surface area (Å²) in [7, 11) is 0. The minimum atomic E-state index is -0.0829. The summed E-state index contributed by atoms with van der Waals surface area (Å²) in [6, 6.07) is 15.7. The summed E-state index contributed by atoms with van der Waals surface area (Å²) in [5, 5.41) is 6.03. The van der Waals surface area contributed by atoms with E-state index in [0.29, 0.717) is 11.5 Å². The molecule has 6 heteroatoms. The van der Waals surface area contributed by atoms with Gasteiger partial charge in [0.25, 0.3) is 5.91 Å². The third-order valence-corrected chi connectivity index (χ3v) is 6.48. The number of piperidine rings is 3. The third-order valence-electron chi connectivity index (χ3n) is 5.48.